The molecule has 1 N–H and O–H groups in total. The summed E-state index contributed by atoms with van der Waals surface area (Å²) in [5.41, 5.74) is 0. The summed E-state index contributed by atoms with van der Waals surface area (Å²) in [7, 11) is 0. The normalized spacial score (nSPS) is 18.4. The molecule has 0 saturated carbocycles. The second-order valence-electron chi connectivity index (χ2n) is 6.04. The van der Waals surface area contributed by atoms with Gasteiger partial charge in [-0.05, 0) is 19.4 Å². The van der Waals surface area contributed by atoms with E-state index in [1.807, 2.05) is 0 Å². The molecule has 0 aromatic carbocycles. The Bertz CT molecular complexity index is 237. The van der Waals surface area contributed by atoms with Gasteiger partial charge in [-0.15, -0.1) is 0 Å². The largest absolute Gasteiger partial charge is 0.461 e. The number of carbonyl (C=O) groups is 1. The molecule has 0 radical (unpaired) electrons. The highest BCUT2D eigenvalue weighted by molar-refractivity contribution is 5.69. The molecule has 0 aromatic heterocycles. The van der Waals surface area contributed by atoms with Crippen LogP contribution in [0.3, 0.4) is 0 Å². The van der Waals surface area contributed by atoms with Gasteiger partial charge in [-0.1, -0.05) is 64.7 Å². The Morgan fingerprint density at radius 3 is 2.15 bits per heavy atom. The average molecular weight is 283 g/mol. The number of hydrogen-bond donors (Lipinski definition) is 1. The van der Waals surface area contributed by atoms with Crippen LogP contribution in [0, 0.1) is 0 Å². The summed E-state index contributed by atoms with van der Waals surface area (Å²) in [5, 5.41) is 3.21. The van der Waals surface area contributed by atoms with E-state index in [1.54, 1.807) is 0 Å². The molecule has 1 fully saturated rings. The summed E-state index contributed by atoms with van der Waals surface area (Å²) < 4.78 is 5.39. The molecule has 1 aliphatic heterocycles. The quantitative estimate of drug-likeness (QED) is 0.431. The predicted molar refractivity (Wildman–Crippen MR) is 83.8 cm³/mol. The monoisotopic (exact) mass is 283 g/mol. The number of esters is 1. The van der Waals surface area contributed by atoms with Crippen molar-refractivity contribution in [3.63, 3.8) is 0 Å². The van der Waals surface area contributed by atoms with E-state index in [9.17, 15) is 4.79 Å². The number of hydrogen-bond acceptors (Lipinski definition) is 3. The molecule has 1 atom stereocenters. The van der Waals surface area contributed by atoms with Crippen molar-refractivity contribution in [2.75, 3.05) is 13.1 Å². The van der Waals surface area contributed by atoms with Gasteiger partial charge in [-0.25, -0.2) is 0 Å². The van der Waals surface area contributed by atoms with Crippen LogP contribution in [0.4, 0.5) is 0 Å². The van der Waals surface area contributed by atoms with Crippen LogP contribution in [-0.4, -0.2) is 25.2 Å². The molecule has 1 unspecified atom stereocenters. The Hall–Kier alpha value is -0.570. The van der Waals surface area contributed by atoms with Gasteiger partial charge < -0.3 is 10.1 Å². The first-order valence-electron chi connectivity index (χ1n) is 8.73. The molecule has 0 aliphatic carbocycles. The van der Waals surface area contributed by atoms with Crippen LogP contribution < -0.4 is 5.32 Å². The van der Waals surface area contributed by atoms with Gasteiger partial charge in [0.25, 0.3) is 0 Å². The van der Waals surface area contributed by atoms with Crippen LogP contribution >= 0.6 is 0 Å². The second kappa shape index (κ2) is 12.2. The summed E-state index contributed by atoms with van der Waals surface area (Å²) in [6, 6.07) is 0. The fourth-order valence-corrected chi connectivity index (χ4v) is 2.73. The van der Waals surface area contributed by atoms with E-state index < -0.39 is 0 Å². The second-order valence-corrected chi connectivity index (χ2v) is 6.04. The maximum absolute atomic E-state index is 11.6. The van der Waals surface area contributed by atoms with Gasteiger partial charge in [0.15, 0.2) is 0 Å². The minimum absolute atomic E-state index is 0.00161. The van der Waals surface area contributed by atoms with Crippen molar-refractivity contribution < 1.29 is 9.53 Å². The van der Waals surface area contributed by atoms with Gasteiger partial charge in [-0.3, -0.25) is 4.79 Å². The standard InChI is InChI=1S/C17H33NO2/c1-2-3-4-5-6-7-8-9-10-11-12-17(19)20-16-13-14-18-15-16/h16,18H,2-15H2,1H3. The molecule has 3 nitrogen and oxygen atoms in total. The Kier molecular flexibility index (Phi) is 10.7. The summed E-state index contributed by atoms with van der Waals surface area (Å²) in [5.74, 6) is -0.00161. The summed E-state index contributed by atoms with van der Waals surface area (Å²) in [6.45, 7) is 4.08. The summed E-state index contributed by atoms with van der Waals surface area (Å²) in [4.78, 5) is 11.6. The van der Waals surface area contributed by atoms with Crippen LogP contribution in [0.1, 0.15) is 84.0 Å². The van der Waals surface area contributed by atoms with E-state index >= 15 is 0 Å². The third-order valence-electron chi connectivity index (χ3n) is 4.05. The van der Waals surface area contributed by atoms with Crippen molar-refractivity contribution in [2.45, 2.75) is 90.1 Å². The van der Waals surface area contributed by atoms with E-state index in [2.05, 4.69) is 12.2 Å². The molecule has 0 aromatic rings. The first-order chi connectivity index (χ1) is 9.83. The predicted octanol–water partition coefficient (Wildman–Crippen LogP) is 4.20. The topological polar surface area (TPSA) is 38.3 Å². The van der Waals surface area contributed by atoms with Crippen LogP contribution in [-0.2, 0) is 9.53 Å². The zero-order chi connectivity index (χ0) is 14.5. The smallest absolute Gasteiger partial charge is 0.306 e. The van der Waals surface area contributed by atoms with Crippen molar-refractivity contribution in [3.8, 4) is 0 Å². The zero-order valence-corrected chi connectivity index (χ0v) is 13.3. The lowest BCUT2D eigenvalue weighted by Crippen LogP contribution is -2.20. The van der Waals surface area contributed by atoms with Crippen LogP contribution in [0.2, 0.25) is 0 Å². The molecule has 0 bridgehead atoms. The van der Waals surface area contributed by atoms with Gasteiger partial charge in [-0.2, -0.15) is 0 Å². The Labute approximate surface area is 124 Å². The number of unbranched alkanes of at least 4 members (excludes halogenated alkanes) is 9. The Balaban J connectivity index is 1.78. The molecule has 0 amide bonds. The van der Waals surface area contributed by atoms with Gasteiger partial charge in [0, 0.05) is 13.0 Å². The van der Waals surface area contributed by atoms with Gasteiger partial charge in [0.2, 0.25) is 0 Å². The number of carbonyl (C=O) groups excluding carboxylic acids is 1. The number of nitrogens with one attached hydrogen (secondary N) is 1. The van der Waals surface area contributed by atoms with Gasteiger partial charge >= 0.3 is 5.97 Å². The third-order valence-corrected chi connectivity index (χ3v) is 4.05. The maximum Gasteiger partial charge on any atom is 0.306 e. The molecular formula is C17H33NO2. The molecule has 0 spiro atoms. The minimum atomic E-state index is -0.00161. The van der Waals surface area contributed by atoms with E-state index in [4.69, 9.17) is 4.74 Å². The van der Waals surface area contributed by atoms with Crippen molar-refractivity contribution in [1.29, 1.82) is 0 Å². The van der Waals surface area contributed by atoms with E-state index in [-0.39, 0.29) is 12.1 Å². The molecule has 1 aliphatic rings. The molecule has 3 heteroatoms. The van der Waals surface area contributed by atoms with Crippen LogP contribution in [0.5, 0.6) is 0 Å². The number of rotatable bonds is 12. The molecule has 1 rings (SSSR count). The lowest BCUT2D eigenvalue weighted by molar-refractivity contribution is -0.148. The molecular weight excluding hydrogens is 250 g/mol. The molecule has 1 heterocycles. The lowest BCUT2D eigenvalue weighted by atomic mass is 10.1. The van der Waals surface area contributed by atoms with Crippen LogP contribution in [0.25, 0.3) is 0 Å². The third kappa shape index (κ3) is 9.35. The fraction of sp³-hybridized carbons (Fsp3) is 0.941. The van der Waals surface area contributed by atoms with E-state index in [1.165, 1.54) is 57.8 Å². The summed E-state index contributed by atoms with van der Waals surface area (Å²) in [6.07, 6.45) is 14.7. The van der Waals surface area contributed by atoms with Crippen LogP contribution in [0.15, 0.2) is 0 Å². The molecule has 1 saturated heterocycles. The van der Waals surface area contributed by atoms with Gasteiger partial charge in [0.1, 0.15) is 6.10 Å². The zero-order valence-electron chi connectivity index (χ0n) is 13.3. The van der Waals surface area contributed by atoms with Crippen molar-refractivity contribution in [1.82, 2.24) is 5.32 Å². The van der Waals surface area contributed by atoms with E-state index in [0.717, 1.165) is 25.9 Å². The highest BCUT2D eigenvalue weighted by atomic mass is 16.5. The SMILES string of the molecule is CCCCCCCCCCCCC(=O)OC1CCNC1. The fourth-order valence-electron chi connectivity index (χ4n) is 2.73. The van der Waals surface area contributed by atoms with Gasteiger partial charge in [0.05, 0.1) is 0 Å². The van der Waals surface area contributed by atoms with E-state index in [0.29, 0.717) is 6.42 Å². The molecule has 118 valence electrons. The number of ether oxygens (including phenoxy) is 1. The average Bonchev–Trinajstić information content (AvgIpc) is 2.93. The Morgan fingerprint density at radius 2 is 1.60 bits per heavy atom. The minimum Gasteiger partial charge on any atom is -0.461 e. The highest BCUT2D eigenvalue weighted by Gasteiger charge is 2.18. The first-order valence-corrected chi connectivity index (χ1v) is 8.73. The van der Waals surface area contributed by atoms with Crippen molar-refractivity contribution in [2.24, 2.45) is 0 Å². The Morgan fingerprint density at radius 1 is 1.00 bits per heavy atom. The molecule has 20 heavy (non-hydrogen) atoms. The first kappa shape index (κ1) is 17.5. The summed E-state index contributed by atoms with van der Waals surface area (Å²) >= 11 is 0. The van der Waals surface area contributed by atoms with Crippen molar-refractivity contribution in [3.05, 3.63) is 0 Å². The lowest BCUT2D eigenvalue weighted by Gasteiger charge is -2.10. The highest BCUT2D eigenvalue weighted by Crippen LogP contribution is 2.12. The maximum atomic E-state index is 11.6. The van der Waals surface area contributed by atoms with Crippen molar-refractivity contribution >= 4 is 5.97 Å².